The smallest absolute Gasteiger partial charge is 0.190 e. The van der Waals surface area contributed by atoms with Gasteiger partial charge in [-0.2, -0.15) is 0 Å². The minimum Gasteiger partial charge on any atom is -0.491 e. The second kappa shape index (κ2) is 7.05. The summed E-state index contributed by atoms with van der Waals surface area (Å²) in [7, 11) is 1.29. The summed E-state index contributed by atoms with van der Waals surface area (Å²) in [5.74, 6) is -0.349. The number of methoxy groups -OCH3 is 1. The first-order valence-electron chi connectivity index (χ1n) is 7.68. The van der Waals surface area contributed by atoms with Gasteiger partial charge in [0.25, 0.3) is 0 Å². The van der Waals surface area contributed by atoms with E-state index < -0.39 is 11.6 Å². The Balaban J connectivity index is 2.00. The molecule has 0 amide bonds. The van der Waals surface area contributed by atoms with Crippen molar-refractivity contribution >= 4 is 0 Å². The SMILES string of the molecule is CCCC[C@H]1CC[C@H](c2cc(F)c(OC)c(F)c2)CC1. The molecule has 0 aliphatic heterocycles. The summed E-state index contributed by atoms with van der Waals surface area (Å²) in [4.78, 5) is 0. The van der Waals surface area contributed by atoms with Crippen LogP contribution in [-0.2, 0) is 0 Å². The summed E-state index contributed by atoms with van der Waals surface area (Å²) < 4.78 is 32.2. The topological polar surface area (TPSA) is 9.23 Å². The Morgan fingerprint density at radius 1 is 1.10 bits per heavy atom. The van der Waals surface area contributed by atoms with Gasteiger partial charge < -0.3 is 4.74 Å². The average molecular weight is 282 g/mol. The van der Waals surface area contributed by atoms with Crippen molar-refractivity contribution in [3.63, 3.8) is 0 Å². The standard InChI is InChI=1S/C17H24F2O/c1-3-4-5-12-6-8-13(9-7-12)14-10-15(18)17(20-2)16(19)11-14/h10-13H,3-9H2,1-2H3/t12-,13-. The van der Waals surface area contributed by atoms with Crippen LogP contribution in [-0.4, -0.2) is 7.11 Å². The third-order valence-electron chi connectivity index (χ3n) is 4.51. The van der Waals surface area contributed by atoms with Crippen LogP contribution in [0.1, 0.15) is 63.4 Å². The van der Waals surface area contributed by atoms with Crippen LogP contribution in [0.3, 0.4) is 0 Å². The van der Waals surface area contributed by atoms with Crippen LogP contribution in [0.2, 0.25) is 0 Å². The van der Waals surface area contributed by atoms with Crippen LogP contribution in [0.25, 0.3) is 0 Å². The highest BCUT2D eigenvalue weighted by atomic mass is 19.1. The largest absolute Gasteiger partial charge is 0.491 e. The monoisotopic (exact) mass is 282 g/mol. The molecule has 3 heteroatoms. The predicted octanol–water partition coefficient (Wildman–Crippen LogP) is 5.44. The number of halogens is 2. The summed E-state index contributed by atoms with van der Waals surface area (Å²) in [6, 6.07) is 2.89. The molecule has 1 aromatic rings. The molecule has 1 aromatic carbocycles. The number of ether oxygens (including phenoxy) is 1. The van der Waals surface area contributed by atoms with Gasteiger partial charge in [-0.25, -0.2) is 8.78 Å². The van der Waals surface area contributed by atoms with Gasteiger partial charge in [-0.3, -0.25) is 0 Å². The molecular weight excluding hydrogens is 258 g/mol. The lowest BCUT2D eigenvalue weighted by Gasteiger charge is -2.29. The minimum atomic E-state index is -0.587. The number of hydrogen-bond acceptors (Lipinski definition) is 1. The van der Waals surface area contributed by atoms with Crippen molar-refractivity contribution in [2.24, 2.45) is 5.92 Å². The average Bonchev–Trinajstić information content (AvgIpc) is 2.45. The zero-order valence-corrected chi connectivity index (χ0v) is 12.4. The number of rotatable bonds is 5. The highest BCUT2D eigenvalue weighted by molar-refractivity contribution is 5.33. The Hall–Kier alpha value is -1.12. The summed E-state index contributed by atoms with van der Waals surface area (Å²) in [5, 5.41) is 0. The van der Waals surface area contributed by atoms with Gasteiger partial charge in [0.1, 0.15) is 0 Å². The second-order valence-corrected chi connectivity index (χ2v) is 5.88. The molecule has 2 rings (SSSR count). The molecule has 20 heavy (non-hydrogen) atoms. The molecule has 112 valence electrons. The first-order valence-corrected chi connectivity index (χ1v) is 7.68. The van der Waals surface area contributed by atoms with Crippen LogP contribution in [0, 0.1) is 17.6 Å². The first kappa shape index (κ1) is 15.3. The van der Waals surface area contributed by atoms with Crippen molar-refractivity contribution in [1.29, 1.82) is 0 Å². The second-order valence-electron chi connectivity index (χ2n) is 5.88. The van der Waals surface area contributed by atoms with Crippen LogP contribution in [0.5, 0.6) is 5.75 Å². The fraction of sp³-hybridized carbons (Fsp3) is 0.647. The molecule has 1 nitrogen and oxygen atoms in total. The van der Waals surface area contributed by atoms with E-state index in [9.17, 15) is 8.78 Å². The molecule has 0 spiro atoms. The number of benzene rings is 1. The third-order valence-corrected chi connectivity index (χ3v) is 4.51. The van der Waals surface area contributed by atoms with Gasteiger partial charge in [-0.1, -0.05) is 26.2 Å². The van der Waals surface area contributed by atoms with Crippen molar-refractivity contribution in [3.05, 3.63) is 29.3 Å². The summed E-state index contributed by atoms with van der Waals surface area (Å²) in [5.41, 5.74) is 0.787. The van der Waals surface area contributed by atoms with E-state index in [1.165, 1.54) is 51.3 Å². The van der Waals surface area contributed by atoms with Crippen LogP contribution >= 0.6 is 0 Å². The van der Waals surface area contributed by atoms with Crippen molar-refractivity contribution in [3.8, 4) is 5.75 Å². The van der Waals surface area contributed by atoms with Gasteiger partial charge in [0, 0.05) is 0 Å². The first-order chi connectivity index (χ1) is 9.65. The van der Waals surface area contributed by atoms with Gasteiger partial charge in [0.2, 0.25) is 0 Å². The molecule has 0 radical (unpaired) electrons. The molecule has 0 N–H and O–H groups in total. The van der Waals surface area contributed by atoms with Crippen molar-refractivity contribution in [2.45, 2.75) is 57.8 Å². The molecule has 0 atom stereocenters. The van der Waals surface area contributed by atoms with Gasteiger partial charge in [0.05, 0.1) is 7.11 Å². The lowest BCUT2D eigenvalue weighted by Crippen LogP contribution is -2.14. The molecule has 1 fully saturated rings. The summed E-state index contributed by atoms with van der Waals surface area (Å²) in [6.45, 7) is 2.22. The highest BCUT2D eigenvalue weighted by Crippen LogP contribution is 2.39. The minimum absolute atomic E-state index is 0.273. The lowest BCUT2D eigenvalue weighted by atomic mass is 9.77. The summed E-state index contributed by atoms with van der Waals surface area (Å²) in [6.07, 6.45) is 8.28. The zero-order valence-electron chi connectivity index (χ0n) is 12.4. The summed E-state index contributed by atoms with van der Waals surface area (Å²) >= 11 is 0. The van der Waals surface area contributed by atoms with E-state index in [0.717, 1.165) is 24.3 Å². The molecule has 0 unspecified atom stereocenters. The van der Waals surface area contributed by atoms with E-state index in [1.54, 1.807) is 0 Å². The van der Waals surface area contributed by atoms with Gasteiger partial charge >= 0.3 is 0 Å². The van der Waals surface area contributed by atoms with Crippen LogP contribution in [0.4, 0.5) is 8.78 Å². The van der Waals surface area contributed by atoms with E-state index in [0.29, 0.717) is 5.92 Å². The quantitative estimate of drug-likeness (QED) is 0.699. The molecule has 1 aliphatic rings. The fourth-order valence-corrected chi connectivity index (χ4v) is 3.29. The number of unbranched alkanes of at least 4 members (excludes halogenated alkanes) is 1. The Morgan fingerprint density at radius 3 is 2.20 bits per heavy atom. The van der Waals surface area contributed by atoms with Gasteiger partial charge in [-0.05, 0) is 55.2 Å². The third kappa shape index (κ3) is 3.50. The predicted molar refractivity (Wildman–Crippen MR) is 77.1 cm³/mol. The van der Waals surface area contributed by atoms with Crippen molar-refractivity contribution < 1.29 is 13.5 Å². The van der Waals surface area contributed by atoms with E-state index >= 15 is 0 Å². The van der Waals surface area contributed by atoms with Crippen molar-refractivity contribution in [1.82, 2.24) is 0 Å². The van der Waals surface area contributed by atoms with Gasteiger partial charge in [0.15, 0.2) is 17.4 Å². The molecule has 1 saturated carbocycles. The Bertz CT molecular complexity index is 414. The zero-order chi connectivity index (χ0) is 14.5. The Morgan fingerprint density at radius 2 is 1.70 bits per heavy atom. The fourth-order valence-electron chi connectivity index (χ4n) is 3.29. The normalized spacial score (nSPS) is 22.8. The lowest BCUT2D eigenvalue weighted by molar-refractivity contribution is 0.302. The van der Waals surface area contributed by atoms with E-state index in [4.69, 9.17) is 4.74 Å². The Labute approximate surface area is 120 Å². The van der Waals surface area contributed by atoms with E-state index in [1.807, 2.05) is 0 Å². The maximum absolute atomic E-state index is 13.7. The molecular formula is C17H24F2O. The van der Waals surface area contributed by atoms with Crippen LogP contribution < -0.4 is 4.74 Å². The van der Waals surface area contributed by atoms with E-state index in [-0.39, 0.29) is 5.75 Å². The molecule has 1 aliphatic carbocycles. The maximum Gasteiger partial charge on any atom is 0.190 e. The molecule has 0 saturated heterocycles. The highest BCUT2D eigenvalue weighted by Gasteiger charge is 2.24. The van der Waals surface area contributed by atoms with E-state index in [2.05, 4.69) is 6.92 Å². The van der Waals surface area contributed by atoms with Crippen molar-refractivity contribution in [2.75, 3.05) is 7.11 Å². The van der Waals surface area contributed by atoms with Gasteiger partial charge in [-0.15, -0.1) is 0 Å². The number of hydrogen-bond donors (Lipinski definition) is 0. The molecule has 0 aromatic heterocycles. The maximum atomic E-state index is 13.7. The molecule has 0 bridgehead atoms. The van der Waals surface area contributed by atoms with Crippen LogP contribution in [0.15, 0.2) is 12.1 Å². The Kier molecular flexibility index (Phi) is 5.38. The molecule has 0 heterocycles.